The summed E-state index contributed by atoms with van der Waals surface area (Å²) in [6.45, 7) is -0.855. The SMILES string of the molecule is [N-]=[N+]=NC[C@@H]1[C@H](NC(=O)Cc2ccccc2)C(=O)N1C(Cl)(C(=O)OCc1ccccc1)C(=O)OCc1ccccc1. The Labute approximate surface area is 240 Å². The Morgan fingerprint density at radius 1 is 0.854 bits per heavy atom. The van der Waals surface area contributed by atoms with Gasteiger partial charge in [-0.3, -0.25) is 14.5 Å². The third kappa shape index (κ3) is 6.84. The highest BCUT2D eigenvalue weighted by molar-refractivity contribution is 6.45. The van der Waals surface area contributed by atoms with Gasteiger partial charge in [-0.1, -0.05) is 108 Å². The Morgan fingerprint density at radius 3 is 1.78 bits per heavy atom. The lowest BCUT2D eigenvalue weighted by Crippen LogP contribution is -2.79. The predicted molar refractivity (Wildman–Crippen MR) is 148 cm³/mol. The van der Waals surface area contributed by atoms with Crippen molar-refractivity contribution in [3.63, 3.8) is 0 Å². The van der Waals surface area contributed by atoms with Crippen LogP contribution in [0.5, 0.6) is 0 Å². The Bertz CT molecular complexity index is 1380. The molecule has 12 heteroatoms. The minimum atomic E-state index is -2.75. The fraction of sp³-hybridized carbons (Fsp3) is 0.241. The maximum atomic E-state index is 13.4. The first kappa shape index (κ1) is 29.1. The first-order valence-corrected chi connectivity index (χ1v) is 13.0. The molecule has 4 rings (SSSR count). The number of alkyl halides is 1. The molecule has 3 aromatic carbocycles. The molecule has 1 aliphatic heterocycles. The van der Waals surface area contributed by atoms with E-state index in [0.29, 0.717) is 16.7 Å². The van der Waals surface area contributed by atoms with Crippen LogP contribution in [0.15, 0.2) is 96.1 Å². The molecule has 0 aromatic heterocycles. The molecule has 1 aliphatic rings. The number of β-lactam (4-membered cyclic amide) rings is 1. The van der Waals surface area contributed by atoms with E-state index in [9.17, 15) is 19.2 Å². The van der Waals surface area contributed by atoms with Crippen molar-refractivity contribution < 1.29 is 28.7 Å². The predicted octanol–water partition coefficient (Wildman–Crippen LogP) is 3.66. The number of hydrogen-bond donors (Lipinski definition) is 1. The van der Waals surface area contributed by atoms with Crippen molar-refractivity contribution in [1.82, 2.24) is 10.2 Å². The van der Waals surface area contributed by atoms with Crippen LogP contribution < -0.4 is 5.32 Å². The number of likely N-dealkylation sites (tertiary alicyclic amines) is 1. The monoisotopic (exact) mass is 575 g/mol. The lowest BCUT2D eigenvalue weighted by Gasteiger charge is -2.51. The van der Waals surface area contributed by atoms with Gasteiger partial charge in [0.2, 0.25) is 11.8 Å². The van der Waals surface area contributed by atoms with Gasteiger partial charge < -0.3 is 14.8 Å². The number of nitrogens with zero attached hydrogens (tertiary/aromatic N) is 4. The summed E-state index contributed by atoms with van der Waals surface area (Å²) in [5.74, 6) is -3.84. The number of halogens is 1. The first-order valence-electron chi connectivity index (χ1n) is 12.6. The molecule has 11 nitrogen and oxygen atoms in total. The van der Waals surface area contributed by atoms with E-state index in [0.717, 1.165) is 4.90 Å². The number of carbonyl (C=O) groups is 4. The van der Waals surface area contributed by atoms with Crippen molar-refractivity contribution in [2.75, 3.05) is 6.54 Å². The maximum absolute atomic E-state index is 13.4. The van der Waals surface area contributed by atoms with Crippen molar-refractivity contribution in [3.8, 4) is 0 Å². The number of benzene rings is 3. The number of azide groups is 1. The summed E-state index contributed by atoms with van der Waals surface area (Å²) < 4.78 is 10.7. The molecule has 0 spiro atoms. The van der Waals surface area contributed by atoms with Gasteiger partial charge in [0.15, 0.2) is 0 Å². The van der Waals surface area contributed by atoms with Crippen molar-refractivity contribution in [2.24, 2.45) is 5.11 Å². The number of esters is 2. The molecule has 0 aliphatic carbocycles. The van der Waals surface area contributed by atoms with Gasteiger partial charge in [-0.15, -0.1) is 0 Å². The number of rotatable bonds is 12. The summed E-state index contributed by atoms with van der Waals surface area (Å²) in [6, 6.07) is 23.8. The number of hydrogen-bond acceptors (Lipinski definition) is 7. The molecule has 0 radical (unpaired) electrons. The fourth-order valence-corrected chi connectivity index (χ4v) is 4.63. The zero-order valence-corrected chi connectivity index (χ0v) is 22.5. The average molecular weight is 576 g/mol. The molecule has 210 valence electrons. The van der Waals surface area contributed by atoms with Crippen LogP contribution in [0.2, 0.25) is 0 Å². The van der Waals surface area contributed by atoms with Crippen molar-refractivity contribution in [1.29, 1.82) is 0 Å². The zero-order chi connectivity index (χ0) is 29.2. The molecule has 0 bridgehead atoms. The van der Waals surface area contributed by atoms with Gasteiger partial charge >= 0.3 is 16.9 Å². The molecule has 0 unspecified atom stereocenters. The minimum absolute atomic E-state index is 0.0247. The van der Waals surface area contributed by atoms with Crippen LogP contribution in [-0.4, -0.2) is 52.3 Å². The van der Waals surface area contributed by atoms with Crippen molar-refractivity contribution >= 4 is 35.4 Å². The second-order valence-electron chi connectivity index (χ2n) is 9.14. The van der Waals surface area contributed by atoms with Gasteiger partial charge in [-0.05, 0) is 22.2 Å². The molecular weight excluding hydrogens is 550 g/mol. The van der Waals surface area contributed by atoms with E-state index in [1.165, 1.54) is 0 Å². The quantitative estimate of drug-likeness (QED) is 0.0509. The zero-order valence-electron chi connectivity index (χ0n) is 21.8. The van der Waals surface area contributed by atoms with E-state index < -0.39 is 40.8 Å². The first-order chi connectivity index (χ1) is 19.8. The van der Waals surface area contributed by atoms with Gasteiger partial charge in [0.1, 0.15) is 19.3 Å². The summed E-state index contributed by atoms with van der Waals surface area (Å²) in [5, 5.41) is 6.10. The van der Waals surface area contributed by atoms with Crippen LogP contribution in [0, 0.1) is 0 Å². The number of carbonyl (C=O) groups excluding carboxylic acids is 4. The maximum Gasteiger partial charge on any atom is 0.360 e. The molecule has 2 atom stereocenters. The van der Waals surface area contributed by atoms with E-state index >= 15 is 0 Å². The summed E-state index contributed by atoms with van der Waals surface area (Å²) in [6.07, 6.45) is -0.0247. The summed E-state index contributed by atoms with van der Waals surface area (Å²) in [7, 11) is 0. The van der Waals surface area contributed by atoms with Crippen LogP contribution >= 0.6 is 11.6 Å². The van der Waals surface area contributed by atoms with Gasteiger partial charge in [0.25, 0.3) is 0 Å². The van der Waals surface area contributed by atoms with Gasteiger partial charge in [-0.2, -0.15) is 0 Å². The molecule has 1 heterocycles. The third-order valence-electron chi connectivity index (χ3n) is 6.37. The Balaban J connectivity index is 1.58. The molecule has 2 amide bonds. The third-order valence-corrected chi connectivity index (χ3v) is 6.87. The Kier molecular flexibility index (Phi) is 9.57. The normalized spacial score (nSPS) is 16.1. The largest absolute Gasteiger partial charge is 0.458 e. The van der Waals surface area contributed by atoms with Gasteiger partial charge in [0.05, 0.1) is 12.5 Å². The molecule has 3 aromatic rings. The lowest BCUT2D eigenvalue weighted by atomic mass is 9.91. The number of amides is 2. The van der Waals surface area contributed by atoms with Crippen molar-refractivity contribution in [2.45, 2.75) is 36.7 Å². The molecule has 1 fully saturated rings. The minimum Gasteiger partial charge on any atom is -0.458 e. The molecular formula is C29H26ClN5O6. The van der Waals surface area contributed by atoms with Gasteiger partial charge in [0, 0.05) is 11.5 Å². The van der Waals surface area contributed by atoms with Crippen LogP contribution in [0.1, 0.15) is 16.7 Å². The highest BCUT2D eigenvalue weighted by atomic mass is 35.5. The van der Waals surface area contributed by atoms with Gasteiger partial charge in [-0.25, -0.2) is 9.59 Å². The Hall–Kier alpha value is -4.86. The van der Waals surface area contributed by atoms with Crippen LogP contribution in [0.25, 0.3) is 10.4 Å². The molecule has 1 saturated heterocycles. The topological polar surface area (TPSA) is 151 Å². The average Bonchev–Trinajstić information content (AvgIpc) is 3.00. The second kappa shape index (κ2) is 13.5. The van der Waals surface area contributed by atoms with Crippen LogP contribution in [0.4, 0.5) is 0 Å². The fourth-order valence-electron chi connectivity index (χ4n) is 4.31. The highest BCUT2D eigenvalue weighted by Crippen LogP contribution is 2.36. The standard InChI is InChI=1S/C29H26ClN5O6/c30-29(27(38)40-18-21-12-6-2-7-13-21,28(39)41-19-22-14-8-3-9-15-22)35-23(17-32-34-31)25(26(35)37)33-24(36)16-20-10-4-1-5-11-20/h1-15,23,25H,16-19H2,(H,33,36)/t23-,25+/m1/s1. The van der Waals surface area contributed by atoms with E-state index in [-0.39, 0.29) is 26.2 Å². The number of nitrogens with one attached hydrogen (secondary N) is 1. The smallest absolute Gasteiger partial charge is 0.360 e. The second-order valence-corrected chi connectivity index (χ2v) is 9.69. The van der Waals surface area contributed by atoms with Crippen LogP contribution in [0.3, 0.4) is 0 Å². The number of ether oxygens (including phenoxy) is 2. The molecule has 0 saturated carbocycles. The summed E-state index contributed by atoms with van der Waals surface area (Å²) >= 11 is 6.68. The lowest BCUT2D eigenvalue weighted by molar-refractivity contribution is -0.184. The van der Waals surface area contributed by atoms with E-state index in [1.807, 2.05) is 0 Å². The molecule has 41 heavy (non-hydrogen) atoms. The van der Waals surface area contributed by atoms with Crippen LogP contribution in [-0.2, 0) is 48.3 Å². The van der Waals surface area contributed by atoms with E-state index in [2.05, 4.69) is 15.3 Å². The van der Waals surface area contributed by atoms with E-state index in [1.54, 1.807) is 91.0 Å². The molecule has 1 N–H and O–H groups in total. The summed E-state index contributed by atoms with van der Waals surface area (Å²) in [4.78, 5) is 53.7. The highest BCUT2D eigenvalue weighted by Gasteiger charge is 2.65. The Morgan fingerprint density at radius 2 is 1.32 bits per heavy atom. The van der Waals surface area contributed by atoms with Crippen molar-refractivity contribution in [3.05, 3.63) is 118 Å². The summed E-state index contributed by atoms with van der Waals surface area (Å²) in [5.41, 5.74) is 10.9. The van der Waals surface area contributed by atoms with E-state index in [4.69, 9.17) is 26.6 Å².